The molecule has 0 saturated heterocycles. The summed E-state index contributed by atoms with van der Waals surface area (Å²) in [5.74, 6) is -0.0749. The summed E-state index contributed by atoms with van der Waals surface area (Å²) in [5, 5.41) is 18.9. The van der Waals surface area contributed by atoms with Gasteiger partial charge in [0.1, 0.15) is 0 Å². The van der Waals surface area contributed by atoms with Gasteiger partial charge < -0.3 is 9.73 Å². The Hall–Kier alpha value is -2.67. The molecule has 2 aromatic rings. The zero-order chi connectivity index (χ0) is 14.4. The largest absolute Gasteiger partial charge is 0.408 e. The Morgan fingerprint density at radius 3 is 3.00 bits per heavy atom. The van der Waals surface area contributed by atoms with Crippen LogP contribution in [0.5, 0.6) is 0 Å². The molecule has 0 aliphatic carbocycles. The van der Waals surface area contributed by atoms with Gasteiger partial charge in [-0.1, -0.05) is 23.3 Å². The van der Waals surface area contributed by atoms with Gasteiger partial charge in [-0.25, -0.2) is 5.48 Å². The zero-order valence-electron chi connectivity index (χ0n) is 10.8. The van der Waals surface area contributed by atoms with Gasteiger partial charge >= 0.3 is 6.01 Å². The van der Waals surface area contributed by atoms with E-state index in [0.717, 1.165) is 11.1 Å². The van der Waals surface area contributed by atoms with Crippen LogP contribution in [0, 0.1) is 6.92 Å². The molecule has 1 heterocycles. The summed E-state index contributed by atoms with van der Waals surface area (Å²) >= 11 is 0. The lowest BCUT2D eigenvalue weighted by molar-refractivity contribution is -0.124. The molecule has 3 N–H and O–H groups in total. The molecule has 0 saturated carbocycles. The van der Waals surface area contributed by atoms with E-state index in [0.29, 0.717) is 18.5 Å². The Morgan fingerprint density at radius 2 is 2.30 bits per heavy atom. The number of nitrogens with zero attached hydrogens (tertiary/aromatic N) is 2. The molecule has 20 heavy (non-hydrogen) atoms. The lowest BCUT2D eigenvalue weighted by Crippen LogP contribution is -2.14. The molecule has 0 atom stereocenters. The number of amides is 1. The Labute approximate surface area is 115 Å². The van der Waals surface area contributed by atoms with Gasteiger partial charge in [0.15, 0.2) is 0 Å². The van der Waals surface area contributed by atoms with Gasteiger partial charge in [0.05, 0.1) is 0 Å². The standard InChI is InChI=1S/C13H14N4O3/c1-9-15-16-13(20-9)14-8-11-4-2-3-10(7-11)5-6-12(18)17-19/h2-7,19H,8H2,1H3,(H,14,16)(H,17,18)/b6-5+. The Kier molecular flexibility index (Phi) is 4.46. The van der Waals surface area contributed by atoms with Crippen LogP contribution in [0.25, 0.3) is 6.08 Å². The minimum absolute atomic E-state index is 0.364. The highest BCUT2D eigenvalue weighted by Gasteiger charge is 2.01. The number of anilines is 1. The molecule has 2 rings (SSSR count). The predicted octanol–water partition coefficient (Wildman–Crippen LogP) is 1.51. The molecular weight excluding hydrogens is 260 g/mol. The quantitative estimate of drug-likeness (QED) is 0.434. The fourth-order valence-corrected chi connectivity index (χ4v) is 1.56. The molecule has 1 amide bonds. The third-order valence-corrected chi connectivity index (χ3v) is 2.46. The first-order valence-electron chi connectivity index (χ1n) is 5.92. The van der Waals surface area contributed by atoms with Crippen LogP contribution >= 0.6 is 0 Å². The fraction of sp³-hybridized carbons (Fsp3) is 0.154. The number of hydroxylamine groups is 1. The first-order valence-corrected chi connectivity index (χ1v) is 5.92. The maximum absolute atomic E-state index is 10.9. The zero-order valence-corrected chi connectivity index (χ0v) is 10.8. The van der Waals surface area contributed by atoms with Crippen molar-refractivity contribution in [2.24, 2.45) is 0 Å². The number of nitrogens with one attached hydrogen (secondary N) is 2. The summed E-state index contributed by atoms with van der Waals surface area (Å²) in [6, 6.07) is 7.91. The van der Waals surface area contributed by atoms with Crippen LogP contribution in [-0.2, 0) is 11.3 Å². The average Bonchev–Trinajstić information content (AvgIpc) is 2.88. The van der Waals surface area contributed by atoms with E-state index in [1.54, 1.807) is 13.0 Å². The third kappa shape index (κ3) is 3.92. The van der Waals surface area contributed by atoms with Gasteiger partial charge in [-0.3, -0.25) is 10.0 Å². The van der Waals surface area contributed by atoms with Crippen molar-refractivity contribution < 1.29 is 14.4 Å². The highest BCUT2D eigenvalue weighted by Crippen LogP contribution is 2.10. The molecule has 0 aliphatic rings. The highest BCUT2D eigenvalue weighted by atomic mass is 16.5. The molecule has 0 fully saturated rings. The first-order chi connectivity index (χ1) is 9.67. The van der Waals surface area contributed by atoms with Crippen LogP contribution in [0.2, 0.25) is 0 Å². The molecule has 1 aromatic carbocycles. The lowest BCUT2D eigenvalue weighted by atomic mass is 10.1. The van der Waals surface area contributed by atoms with Gasteiger partial charge in [-0.05, 0) is 23.3 Å². The minimum Gasteiger partial charge on any atom is -0.408 e. The molecule has 0 spiro atoms. The van der Waals surface area contributed by atoms with Crippen LogP contribution in [0.15, 0.2) is 34.8 Å². The molecule has 7 heteroatoms. The molecular formula is C13H14N4O3. The lowest BCUT2D eigenvalue weighted by Gasteiger charge is -2.03. The molecule has 0 bridgehead atoms. The van der Waals surface area contributed by atoms with E-state index < -0.39 is 5.91 Å². The maximum atomic E-state index is 10.9. The molecule has 0 aliphatic heterocycles. The Morgan fingerprint density at radius 1 is 1.45 bits per heavy atom. The SMILES string of the molecule is Cc1nnc(NCc2cccc(/C=C/C(=O)NO)c2)o1. The number of hydrogen-bond donors (Lipinski definition) is 3. The van der Waals surface area contributed by atoms with Crippen molar-refractivity contribution in [3.63, 3.8) is 0 Å². The van der Waals surface area contributed by atoms with E-state index in [1.165, 1.54) is 11.6 Å². The summed E-state index contributed by atoms with van der Waals surface area (Å²) in [4.78, 5) is 10.9. The second-order valence-corrected chi connectivity index (χ2v) is 4.03. The van der Waals surface area contributed by atoms with E-state index in [1.807, 2.05) is 24.3 Å². The number of hydrogen-bond acceptors (Lipinski definition) is 6. The third-order valence-electron chi connectivity index (χ3n) is 2.46. The first kappa shape index (κ1) is 13.8. The van der Waals surface area contributed by atoms with E-state index in [4.69, 9.17) is 9.62 Å². The normalized spacial score (nSPS) is 10.7. The van der Waals surface area contributed by atoms with Crippen molar-refractivity contribution in [1.29, 1.82) is 0 Å². The number of aryl methyl sites for hydroxylation is 1. The van der Waals surface area contributed by atoms with Gasteiger partial charge in [0.2, 0.25) is 5.89 Å². The molecule has 0 radical (unpaired) electrons. The number of benzene rings is 1. The second kappa shape index (κ2) is 6.48. The predicted molar refractivity (Wildman–Crippen MR) is 71.8 cm³/mol. The monoisotopic (exact) mass is 274 g/mol. The van der Waals surface area contributed by atoms with Crippen LogP contribution < -0.4 is 10.8 Å². The van der Waals surface area contributed by atoms with Gasteiger partial charge in [0, 0.05) is 19.5 Å². The number of rotatable bonds is 5. The summed E-state index contributed by atoms with van der Waals surface area (Å²) in [5.41, 5.74) is 3.37. The van der Waals surface area contributed by atoms with E-state index in [2.05, 4.69) is 15.5 Å². The Balaban J connectivity index is 1.99. The molecule has 0 unspecified atom stereocenters. The van der Waals surface area contributed by atoms with Crippen molar-refractivity contribution >= 4 is 18.0 Å². The summed E-state index contributed by atoms with van der Waals surface area (Å²) in [6.45, 7) is 2.24. The van der Waals surface area contributed by atoms with Crippen LogP contribution in [0.1, 0.15) is 17.0 Å². The summed E-state index contributed by atoms with van der Waals surface area (Å²) in [6.07, 6.45) is 2.85. The van der Waals surface area contributed by atoms with Crippen molar-refractivity contribution in [1.82, 2.24) is 15.7 Å². The van der Waals surface area contributed by atoms with Gasteiger partial charge in [-0.15, -0.1) is 5.10 Å². The van der Waals surface area contributed by atoms with Crippen LogP contribution in [0.4, 0.5) is 6.01 Å². The van der Waals surface area contributed by atoms with Crippen molar-refractivity contribution in [3.8, 4) is 0 Å². The van der Waals surface area contributed by atoms with E-state index in [9.17, 15) is 4.79 Å². The summed E-state index contributed by atoms with van der Waals surface area (Å²) < 4.78 is 5.20. The molecule has 1 aromatic heterocycles. The average molecular weight is 274 g/mol. The topological polar surface area (TPSA) is 100 Å². The van der Waals surface area contributed by atoms with Crippen LogP contribution in [0.3, 0.4) is 0 Å². The Bertz CT molecular complexity index is 622. The number of carbonyl (C=O) groups is 1. The highest BCUT2D eigenvalue weighted by molar-refractivity contribution is 5.90. The second-order valence-electron chi connectivity index (χ2n) is 4.03. The summed E-state index contributed by atoms with van der Waals surface area (Å²) in [7, 11) is 0. The molecule has 104 valence electrons. The fourth-order valence-electron chi connectivity index (χ4n) is 1.56. The van der Waals surface area contributed by atoms with Crippen LogP contribution in [-0.4, -0.2) is 21.3 Å². The van der Waals surface area contributed by atoms with Crippen molar-refractivity contribution in [2.45, 2.75) is 13.5 Å². The molecule has 7 nitrogen and oxygen atoms in total. The van der Waals surface area contributed by atoms with E-state index >= 15 is 0 Å². The number of aromatic nitrogens is 2. The van der Waals surface area contributed by atoms with Crippen molar-refractivity contribution in [3.05, 3.63) is 47.4 Å². The van der Waals surface area contributed by atoms with E-state index in [-0.39, 0.29) is 0 Å². The van der Waals surface area contributed by atoms with Gasteiger partial charge in [0.25, 0.3) is 5.91 Å². The van der Waals surface area contributed by atoms with Crippen molar-refractivity contribution in [2.75, 3.05) is 5.32 Å². The minimum atomic E-state index is -0.574. The maximum Gasteiger partial charge on any atom is 0.315 e. The smallest absolute Gasteiger partial charge is 0.315 e. The van der Waals surface area contributed by atoms with Gasteiger partial charge in [-0.2, -0.15) is 0 Å². The number of carbonyl (C=O) groups excluding carboxylic acids is 1.